The van der Waals surface area contributed by atoms with E-state index in [1.165, 1.54) is 10.6 Å². The van der Waals surface area contributed by atoms with Crippen molar-refractivity contribution in [2.24, 2.45) is 0 Å². The van der Waals surface area contributed by atoms with E-state index < -0.39 is 0 Å². The van der Waals surface area contributed by atoms with Crippen molar-refractivity contribution < 1.29 is 4.79 Å². The topological polar surface area (TPSA) is 45.5 Å². The number of nitrogens with zero attached hydrogens (tertiary/aromatic N) is 3. The molecule has 0 saturated heterocycles. The highest BCUT2D eigenvalue weighted by molar-refractivity contribution is 9.10. The van der Waals surface area contributed by atoms with Crippen molar-refractivity contribution in [3.05, 3.63) is 67.0 Å². The normalized spacial score (nSPS) is 11.0. The van der Waals surface area contributed by atoms with Crippen LogP contribution in [-0.2, 0) is 17.9 Å². The third kappa shape index (κ3) is 6.96. The van der Waals surface area contributed by atoms with Gasteiger partial charge < -0.3 is 14.4 Å². The summed E-state index contributed by atoms with van der Waals surface area (Å²) in [4.78, 5) is 28.7. The van der Waals surface area contributed by atoms with Gasteiger partial charge in [0.05, 0.1) is 10.0 Å². The lowest BCUT2D eigenvalue weighted by Gasteiger charge is -2.24. The van der Waals surface area contributed by atoms with Gasteiger partial charge in [0.2, 0.25) is 5.91 Å². The van der Waals surface area contributed by atoms with Crippen LogP contribution in [-0.4, -0.2) is 47.5 Å². The third-order valence-electron chi connectivity index (χ3n) is 4.00. The monoisotopic (exact) mass is 473 g/mol. The number of halogens is 3. The zero-order chi connectivity index (χ0) is 20.0. The second kappa shape index (κ2) is 10.3. The molecule has 2 rings (SSSR count). The van der Waals surface area contributed by atoms with E-state index in [9.17, 15) is 9.59 Å². The van der Waals surface area contributed by atoms with Gasteiger partial charge in [-0.05, 0) is 66.8 Å². The van der Waals surface area contributed by atoms with Gasteiger partial charge in [-0.25, -0.2) is 0 Å². The molecule has 0 N–H and O–H groups in total. The van der Waals surface area contributed by atoms with Crippen LogP contribution in [0.2, 0.25) is 10.0 Å². The van der Waals surface area contributed by atoms with Crippen LogP contribution >= 0.6 is 39.1 Å². The van der Waals surface area contributed by atoms with Gasteiger partial charge in [0, 0.05) is 29.8 Å². The van der Waals surface area contributed by atoms with Gasteiger partial charge in [0.25, 0.3) is 5.56 Å². The summed E-state index contributed by atoms with van der Waals surface area (Å²) in [5.41, 5.74) is 0.679. The molecule has 0 aliphatic carbocycles. The summed E-state index contributed by atoms with van der Waals surface area (Å²) in [5.74, 6) is -0.125. The van der Waals surface area contributed by atoms with Crippen LogP contribution in [0, 0.1) is 0 Å². The summed E-state index contributed by atoms with van der Waals surface area (Å²) in [6, 6.07) is 8.44. The number of pyridine rings is 1. The molecule has 0 atom stereocenters. The summed E-state index contributed by atoms with van der Waals surface area (Å²) in [5, 5.41) is 0.935. The maximum Gasteiger partial charge on any atom is 0.251 e. The second-order valence-corrected chi connectivity index (χ2v) is 8.26. The van der Waals surface area contributed by atoms with E-state index in [0.717, 1.165) is 23.0 Å². The highest BCUT2D eigenvalue weighted by Crippen LogP contribution is 2.23. The Kier molecular flexibility index (Phi) is 8.35. The Morgan fingerprint density at radius 3 is 2.52 bits per heavy atom. The lowest BCUT2D eigenvalue weighted by Crippen LogP contribution is -2.37. The van der Waals surface area contributed by atoms with Gasteiger partial charge in [-0.15, -0.1) is 0 Å². The SMILES string of the molecule is CN(C)CCCN(Cc1ccc(Cl)c(Cl)c1)C(=O)Cn1cc(Br)ccc1=O. The Morgan fingerprint density at radius 1 is 1.11 bits per heavy atom. The Bertz CT molecular complexity index is 855. The lowest BCUT2D eigenvalue weighted by atomic mass is 10.2. The highest BCUT2D eigenvalue weighted by atomic mass is 79.9. The molecular weight excluding hydrogens is 453 g/mol. The minimum Gasteiger partial charge on any atom is -0.337 e. The minimum atomic E-state index is -0.214. The fraction of sp³-hybridized carbons (Fsp3) is 0.368. The fourth-order valence-electron chi connectivity index (χ4n) is 2.60. The fourth-order valence-corrected chi connectivity index (χ4v) is 3.30. The van der Waals surface area contributed by atoms with E-state index in [0.29, 0.717) is 23.1 Å². The Hall–Kier alpha value is -1.34. The summed E-state index contributed by atoms with van der Waals surface area (Å²) in [6.45, 7) is 1.84. The molecule has 0 radical (unpaired) electrons. The summed E-state index contributed by atoms with van der Waals surface area (Å²) < 4.78 is 2.15. The quantitative estimate of drug-likeness (QED) is 0.582. The molecule has 0 bridgehead atoms. The lowest BCUT2D eigenvalue weighted by molar-refractivity contribution is -0.132. The predicted octanol–water partition coefficient (Wildman–Crippen LogP) is 3.90. The number of hydrogen-bond acceptors (Lipinski definition) is 3. The number of amides is 1. The van der Waals surface area contributed by atoms with Crippen LogP contribution in [0.1, 0.15) is 12.0 Å². The van der Waals surface area contributed by atoms with E-state index in [1.807, 2.05) is 20.2 Å². The minimum absolute atomic E-state index is 0.0123. The summed E-state index contributed by atoms with van der Waals surface area (Å²) >= 11 is 15.4. The summed E-state index contributed by atoms with van der Waals surface area (Å²) in [7, 11) is 3.98. The predicted molar refractivity (Wildman–Crippen MR) is 113 cm³/mol. The van der Waals surface area contributed by atoms with E-state index in [4.69, 9.17) is 23.2 Å². The first-order chi connectivity index (χ1) is 12.8. The van der Waals surface area contributed by atoms with Crippen LogP contribution in [0.5, 0.6) is 0 Å². The van der Waals surface area contributed by atoms with E-state index in [-0.39, 0.29) is 18.0 Å². The van der Waals surface area contributed by atoms with Gasteiger partial charge in [0.15, 0.2) is 0 Å². The average molecular weight is 475 g/mol. The van der Waals surface area contributed by atoms with Crippen molar-refractivity contribution in [1.82, 2.24) is 14.4 Å². The van der Waals surface area contributed by atoms with Gasteiger partial charge in [-0.2, -0.15) is 0 Å². The van der Waals surface area contributed by atoms with Gasteiger partial charge in [0.1, 0.15) is 6.54 Å². The maximum atomic E-state index is 12.9. The number of rotatable bonds is 8. The van der Waals surface area contributed by atoms with Crippen LogP contribution in [0.25, 0.3) is 0 Å². The Morgan fingerprint density at radius 2 is 1.85 bits per heavy atom. The molecule has 8 heteroatoms. The third-order valence-corrected chi connectivity index (χ3v) is 5.20. The molecule has 0 aliphatic heterocycles. The van der Waals surface area contributed by atoms with Gasteiger partial charge in [-0.1, -0.05) is 29.3 Å². The molecule has 0 saturated carbocycles. The molecule has 1 aromatic carbocycles. The standard InChI is InChI=1S/C19H22BrCl2N3O2/c1-23(2)8-3-9-24(11-14-4-6-16(21)17(22)10-14)19(27)13-25-12-15(20)5-7-18(25)26/h4-7,10,12H,3,8-9,11,13H2,1-2H3. The zero-order valence-corrected chi connectivity index (χ0v) is 18.4. The number of hydrogen-bond donors (Lipinski definition) is 0. The summed E-state index contributed by atoms with van der Waals surface area (Å²) in [6.07, 6.45) is 2.45. The molecule has 0 aliphatic rings. The molecule has 1 aromatic heterocycles. The number of carbonyl (C=O) groups excluding carboxylic acids is 1. The molecule has 1 amide bonds. The van der Waals surface area contributed by atoms with E-state index in [1.54, 1.807) is 29.3 Å². The molecule has 0 spiro atoms. The molecule has 146 valence electrons. The number of carbonyl (C=O) groups is 1. The van der Waals surface area contributed by atoms with Crippen molar-refractivity contribution in [3.8, 4) is 0 Å². The first kappa shape index (κ1) is 22.0. The van der Waals surface area contributed by atoms with Crippen molar-refractivity contribution in [3.63, 3.8) is 0 Å². The molecule has 0 fully saturated rings. The van der Waals surface area contributed by atoms with Crippen molar-refractivity contribution in [2.75, 3.05) is 27.2 Å². The van der Waals surface area contributed by atoms with Crippen LogP contribution < -0.4 is 5.56 Å². The van der Waals surface area contributed by atoms with E-state index >= 15 is 0 Å². The highest BCUT2D eigenvalue weighted by Gasteiger charge is 2.16. The number of benzene rings is 1. The first-order valence-electron chi connectivity index (χ1n) is 8.48. The smallest absolute Gasteiger partial charge is 0.251 e. The molecule has 1 heterocycles. The van der Waals surface area contributed by atoms with Crippen LogP contribution in [0.15, 0.2) is 45.8 Å². The van der Waals surface area contributed by atoms with Crippen molar-refractivity contribution in [1.29, 1.82) is 0 Å². The van der Waals surface area contributed by atoms with E-state index in [2.05, 4.69) is 20.8 Å². The van der Waals surface area contributed by atoms with Gasteiger partial charge in [-0.3, -0.25) is 9.59 Å². The van der Waals surface area contributed by atoms with Crippen LogP contribution in [0.3, 0.4) is 0 Å². The Labute approximate surface area is 177 Å². The molecular formula is C19H22BrCl2N3O2. The molecule has 0 unspecified atom stereocenters. The molecule has 5 nitrogen and oxygen atoms in total. The first-order valence-corrected chi connectivity index (χ1v) is 10.0. The Balaban J connectivity index is 2.16. The van der Waals surface area contributed by atoms with Gasteiger partial charge >= 0.3 is 0 Å². The largest absolute Gasteiger partial charge is 0.337 e. The maximum absolute atomic E-state index is 12.9. The van der Waals surface area contributed by atoms with Crippen molar-refractivity contribution >= 4 is 45.0 Å². The van der Waals surface area contributed by atoms with Crippen LogP contribution in [0.4, 0.5) is 0 Å². The van der Waals surface area contributed by atoms with Crippen molar-refractivity contribution in [2.45, 2.75) is 19.5 Å². The zero-order valence-electron chi connectivity index (χ0n) is 15.3. The molecule has 2 aromatic rings. The number of aromatic nitrogens is 1. The second-order valence-electron chi connectivity index (χ2n) is 6.53. The molecule has 27 heavy (non-hydrogen) atoms. The average Bonchev–Trinajstić information content (AvgIpc) is 2.60.